The summed E-state index contributed by atoms with van der Waals surface area (Å²) in [5, 5.41) is 17.7. The molecule has 4 nitrogen and oxygen atoms in total. The quantitative estimate of drug-likeness (QED) is 0.671. The highest BCUT2D eigenvalue weighted by Crippen LogP contribution is 2.26. The Balaban J connectivity index is 2.04. The SMILES string of the molecule is N#CCSc1nnc(-c2ccccc2F)n1Cc1ccccc1. The molecule has 0 saturated carbocycles. The summed E-state index contributed by atoms with van der Waals surface area (Å²) in [6.07, 6.45) is 0. The lowest BCUT2D eigenvalue weighted by Gasteiger charge is -2.10. The van der Waals surface area contributed by atoms with Gasteiger partial charge in [0.1, 0.15) is 5.82 Å². The lowest BCUT2D eigenvalue weighted by molar-refractivity contribution is 0.626. The molecule has 0 fully saturated rings. The number of rotatable bonds is 5. The van der Waals surface area contributed by atoms with Crippen molar-refractivity contribution in [3.05, 3.63) is 66.0 Å². The summed E-state index contributed by atoms with van der Waals surface area (Å²) in [6.45, 7) is 0.519. The largest absolute Gasteiger partial charge is 0.297 e. The van der Waals surface area contributed by atoms with Gasteiger partial charge >= 0.3 is 0 Å². The van der Waals surface area contributed by atoms with Gasteiger partial charge in [0.15, 0.2) is 11.0 Å². The average Bonchev–Trinajstić information content (AvgIpc) is 2.97. The van der Waals surface area contributed by atoms with E-state index in [0.717, 1.165) is 5.56 Å². The van der Waals surface area contributed by atoms with E-state index >= 15 is 0 Å². The zero-order valence-electron chi connectivity index (χ0n) is 12.2. The third kappa shape index (κ3) is 3.41. The van der Waals surface area contributed by atoms with Gasteiger partial charge in [-0.05, 0) is 17.7 Å². The maximum atomic E-state index is 14.1. The van der Waals surface area contributed by atoms with Gasteiger partial charge in [0.2, 0.25) is 0 Å². The fourth-order valence-electron chi connectivity index (χ4n) is 2.24. The van der Waals surface area contributed by atoms with Crippen LogP contribution in [0.15, 0.2) is 59.8 Å². The first-order chi connectivity index (χ1) is 11.3. The van der Waals surface area contributed by atoms with Crippen LogP contribution >= 0.6 is 11.8 Å². The smallest absolute Gasteiger partial charge is 0.192 e. The van der Waals surface area contributed by atoms with Crippen molar-refractivity contribution >= 4 is 11.8 Å². The molecule has 2 aromatic carbocycles. The molecule has 0 saturated heterocycles. The number of hydrogen-bond acceptors (Lipinski definition) is 4. The lowest BCUT2D eigenvalue weighted by Crippen LogP contribution is -2.05. The van der Waals surface area contributed by atoms with Crippen LogP contribution in [0, 0.1) is 17.1 Å². The van der Waals surface area contributed by atoms with Crippen LogP contribution < -0.4 is 0 Å². The summed E-state index contributed by atoms with van der Waals surface area (Å²) < 4.78 is 16.0. The molecule has 0 N–H and O–H groups in total. The molecule has 1 aromatic heterocycles. The molecule has 6 heteroatoms. The number of nitrogens with zero attached hydrogens (tertiary/aromatic N) is 4. The highest BCUT2D eigenvalue weighted by atomic mass is 32.2. The molecule has 1 heterocycles. The molecule has 0 atom stereocenters. The van der Waals surface area contributed by atoms with Crippen LogP contribution in [-0.4, -0.2) is 20.5 Å². The van der Waals surface area contributed by atoms with E-state index in [4.69, 9.17) is 5.26 Å². The maximum absolute atomic E-state index is 14.1. The first-order valence-electron chi connectivity index (χ1n) is 7.01. The van der Waals surface area contributed by atoms with Gasteiger partial charge in [-0.3, -0.25) is 4.57 Å². The molecule has 3 rings (SSSR count). The Hall–Kier alpha value is -2.65. The first-order valence-corrected chi connectivity index (χ1v) is 8.00. The second-order valence-corrected chi connectivity index (χ2v) is 5.75. The number of thioether (sulfide) groups is 1. The summed E-state index contributed by atoms with van der Waals surface area (Å²) in [5.41, 5.74) is 1.46. The van der Waals surface area contributed by atoms with Crippen LogP contribution in [0.25, 0.3) is 11.4 Å². The van der Waals surface area contributed by atoms with Crippen molar-refractivity contribution in [3.8, 4) is 17.5 Å². The normalized spacial score (nSPS) is 10.4. The molecule has 114 valence electrons. The topological polar surface area (TPSA) is 54.5 Å². The van der Waals surface area contributed by atoms with Gasteiger partial charge in [0, 0.05) is 0 Å². The zero-order chi connectivity index (χ0) is 16.1. The Morgan fingerprint density at radius 1 is 1.04 bits per heavy atom. The van der Waals surface area contributed by atoms with Gasteiger partial charge in [-0.2, -0.15) is 5.26 Å². The van der Waals surface area contributed by atoms with Crippen LogP contribution in [0.3, 0.4) is 0 Å². The van der Waals surface area contributed by atoms with Gasteiger partial charge in [-0.15, -0.1) is 10.2 Å². The molecule has 3 aromatic rings. The monoisotopic (exact) mass is 324 g/mol. The molecule has 0 aliphatic heterocycles. The van der Waals surface area contributed by atoms with Crippen molar-refractivity contribution in [2.45, 2.75) is 11.7 Å². The molecule has 0 aliphatic rings. The fraction of sp³-hybridized carbons (Fsp3) is 0.118. The third-order valence-corrected chi connectivity index (χ3v) is 4.11. The van der Waals surface area contributed by atoms with Gasteiger partial charge in [0.25, 0.3) is 0 Å². The van der Waals surface area contributed by atoms with Crippen LogP contribution in [-0.2, 0) is 6.54 Å². The van der Waals surface area contributed by atoms with E-state index in [1.54, 1.807) is 18.2 Å². The highest BCUT2D eigenvalue weighted by molar-refractivity contribution is 7.99. The van der Waals surface area contributed by atoms with Crippen molar-refractivity contribution in [2.24, 2.45) is 0 Å². The van der Waals surface area contributed by atoms with Gasteiger partial charge < -0.3 is 0 Å². The van der Waals surface area contributed by atoms with E-state index in [2.05, 4.69) is 16.3 Å². The molecule has 0 radical (unpaired) electrons. The first kappa shape index (κ1) is 15.3. The van der Waals surface area contributed by atoms with Crippen LogP contribution in [0.2, 0.25) is 0 Å². The molecule has 0 aliphatic carbocycles. The molecule has 0 amide bonds. The van der Waals surface area contributed by atoms with E-state index < -0.39 is 0 Å². The summed E-state index contributed by atoms with van der Waals surface area (Å²) in [7, 11) is 0. The molecule has 0 spiro atoms. The van der Waals surface area contributed by atoms with E-state index in [0.29, 0.717) is 23.1 Å². The summed E-state index contributed by atoms with van der Waals surface area (Å²) in [5.74, 6) is 0.392. The number of hydrogen-bond donors (Lipinski definition) is 0. The Bertz CT molecular complexity index is 839. The van der Waals surface area contributed by atoms with Crippen molar-refractivity contribution in [1.29, 1.82) is 5.26 Å². The van der Waals surface area contributed by atoms with E-state index in [-0.39, 0.29) is 11.6 Å². The average molecular weight is 324 g/mol. The minimum absolute atomic E-state index is 0.268. The van der Waals surface area contributed by atoms with Crippen LogP contribution in [0.4, 0.5) is 4.39 Å². The second-order valence-electron chi connectivity index (χ2n) is 4.80. The van der Waals surface area contributed by atoms with Crippen molar-refractivity contribution in [1.82, 2.24) is 14.8 Å². The standard InChI is InChI=1S/C17H13FN4S/c18-15-9-5-4-8-14(15)16-20-21-17(23-11-10-19)22(16)12-13-6-2-1-3-7-13/h1-9H,11-12H2. The number of aromatic nitrogens is 3. The second kappa shape index (κ2) is 7.07. The van der Waals surface area contributed by atoms with E-state index in [1.165, 1.54) is 17.8 Å². The Morgan fingerprint density at radius 2 is 1.78 bits per heavy atom. The maximum Gasteiger partial charge on any atom is 0.192 e. The molecular formula is C17H13FN4S. The summed E-state index contributed by atoms with van der Waals surface area (Å²) in [6, 6.07) is 18.4. The zero-order valence-corrected chi connectivity index (χ0v) is 13.0. The van der Waals surface area contributed by atoms with E-state index in [9.17, 15) is 4.39 Å². The number of nitriles is 1. The molecule has 23 heavy (non-hydrogen) atoms. The van der Waals surface area contributed by atoms with Crippen LogP contribution in [0.1, 0.15) is 5.56 Å². The number of halogens is 1. The van der Waals surface area contributed by atoms with Crippen molar-refractivity contribution in [2.75, 3.05) is 5.75 Å². The van der Waals surface area contributed by atoms with Gasteiger partial charge in [-0.1, -0.05) is 54.2 Å². The lowest BCUT2D eigenvalue weighted by atomic mass is 10.2. The molecular weight excluding hydrogens is 311 g/mol. The van der Waals surface area contributed by atoms with Crippen molar-refractivity contribution in [3.63, 3.8) is 0 Å². The molecule has 0 bridgehead atoms. The Labute approximate surface area is 137 Å². The fourth-order valence-corrected chi connectivity index (χ4v) is 2.84. The predicted molar refractivity (Wildman–Crippen MR) is 87.3 cm³/mol. The summed E-state index contributed by atoms with van der Waals surface area (Å²) in [4.78, 5) is 0. The Morgan fingerprint density at radius 3 is 2.52 bits per heavy atom. The van der Waals surface area contributed by atoms with Crippen LogP contribution in [0.5, 0.6) is 0 Å². The predicted octanol–water partition coefficient (Wildman–Crippen LogP) is 3.75. The number of benzene rings is 2. The minimum atomic E-state index is -0.342. The van der Waals surface area contributed by atoms with Gasteiger partial charge in [-0.25, -0.2) is 4.39 Å². The minimum Gasteiger partial charge on any atom is -0.297 e. The highest BCUT2D eigenvalue weighted by Gasteiger charge is 2.17. The molecule has 0 unspecified atom stereocenters. The van der Waals surface area contributed by atoms with E-state index in [1.807, 2.05) is 34.9 Å². The van der Waals surface area contributed by atoms with Crippen molar-refractivity contribution < 1.29 is 4.39 Å². The third-order valence-electron chi connectivity index (χ3n) is 3.28. The Kier molecular flexibility index (Phi) is 4.69. The summed E-state index contributed by atoms with van der Waals surface area (Å²) >= 11 is 1.29. The van der Waals surface area contributed by atoms with Gasteiger partial charge in [0.05, 0.1) is 23.9 Å².